The number of carboxylic acid groups (broad SMARTS) is 1. The fraction of sp³-hybridized carbons (Fsp3) is 0.375. The molecule has 1 fully saturated rings. The number of nitro groups is 1. The number of anilines is 1. The maximum Gasteiger partial charge on any atom is 0.306 e. The zero-order valence-electron chi connectivity index (χ0n) is 12.4. The largest absolute Gasteiger partial charge is 0.481 e. The number of nitrogens with one attached hydrogen (secondary N) is 1. The Kier molecular flexibility index (Phi) is 4.10. The molecule has 0 bridgehead atoms. The SMILES string of the molecule is O=C(O)C1CCC(Nc2nccc3c([N+](=O)[O-])cccc23)CC1. The van der Waals surface area contributed by atoms with Gasteiger partial charge in [-0.05, 0) is 31.7 Å². The van der Waals surface area contributed by atoms with Crippen LogP contribution < -0.4 is 5.32 Å². The molecule has 0 aliphatic heterocycles. The van der Waals surface area contributed by atoms with Gasteiger partial charge in [0, 0.05) is 23.7 Å². The van der Waals surface area contributed by atoms with Gasteiger partial charge in [0.15, 0.2) is 0 Å². The number of carbonyl (C=O) groups is 1. The van der Waals surface area contributed by atoms with Gasteiger partial charge in [-0.1, -0.05) is 12.1 Å². The molecule has 0 radical (unpaired) electrons. The van der Waals surface area contributed by atoms with Crippen molar-refractivity contribution >= 4 is 28.2 Å². The minimum Gasteiger partial charge on any atom is -0.481 e. The molecule has 2 N–H and O–H groups in total. The number of nitro benzene ring substituents is 1. The van der Waals surface area contributed by atoms with Crippen molar-refractivity contribution in [1.82, 2.24) is 4.98 Å². The van der Waals surface area contributed by atoms with Crippen LogP contribution >= 0.6 is 0 Å². The summed E-state index contributed by atoms with van der Waals surface area (Å²) >= 11 is 0. The van der Waals surface area contributed by atoms with Crippen LogP contribution in [0, 0.1) is 16.0 Å². The summed E-state index contributed by atoms with van der Waals surface area (Å²) in [6, 6.07) is 6.71. The maximum atomic E-state index is 11.1. The van der Waals surface area contributed by atoms with Gasteiger partial charge in [0.1, 0.15) is 5.82 Å². The number of fused-ring (bicyclic) bond motifs is 1. The van der Waals surface area contributed by atoms with E-state index in [-0.39, 0.29) is 17.6 Å². The van der Waals surface area contributed by atoms with Crippen molar-refractivity contribution in [3.05, 3.63) is 40.6 Å². The molecule has 0 unspecified atom stereocenters. The lowest BCUT2D eigenvalue weighted by molar-refractivity contribution is -0.383. The Bertz CT molecular complexity index is 754. The van der Waals surface area contributed by atoms with Crippen LogP contribution in [-0.2, 0) is 4.79 Å². The fourth-order valence-corrected chi connectivity index (χ4v) is 3.14. The number of pyridine rings is 1. The fourth-order valence-electron chi connectivity index (χ4n) is 3.14. The molecular weight excluding hydrogens is 298 g/mol. The van der Waals surface area contributed by atoms with Crippen molar-refractivity contribution in [2.45, 2.75) is 31.7 Å². The van der Waals surface area contributed by atoms with E-state index in [1.165, 1.54) is 6.07 Å². The third-order valence-corrected chi connectivity index (χ3v) is 4.40. The quantitative estimate of drug-likeness (QED) is 0.663. The Labute approximate surface area is 132 Å². The van der Waals surface area contributed by atoms with E-state index in [4.69, 9.17) is 5.11 Å². The van der Waals surface area contributed by atoms with Crippen molar-refractivity contribution < 1.29 is 14.8 Å². The van der Waals surface area contributed by atoms with Gasteiger partial charge in [0.05, 0.1) is 16.2 Å². The summed E-state index contributed by atoms with van der Waals surface area (Å²) in [4.78, 5) is 26.0. The van der Waals surface area contributed by atoms with Gasteiger partial charge < -0.3 is 10.4 Å². The molecule has 1 aliphatic carbocycles. The highest BCUT2D eigenvalue weighted by Gasteiger charge is 2.26. The van der Waals surface area contributed by atoms with Crippen molar-refractivity contribution in [3.8, 4) is 0 Å². The van der Waals surface area contributed by atoms with Crippen LogP contribution in [0.25, 0.3) is 10.8 Å². The number of aliphatic carboxylic acids is 1. The Morgan fingerprint density at radius 2 is 1.96 bits per heavy atom. The zero-order valence-corrected chi connectivity index (χ0v) is 12.4. The lowest BCUT2D eigenvalue weighted by atomic mass is 9.86. The van der Waals surface area contributed by atoms with E-state index in [2.05, 4.69) is 10.3 Å². The van der Waals surface area contributed by atoms with E-state index in [0.717, 1.165) is 12.8 Å². The van der Waals surface area contributed by atoms with Gasteiger partial charge in [-0.3, -0.25) is 14.9 Å². The topological polar surface area (TPSA) is 105 Å². The van der Waals surface area contributed by atoms with Crippen LogP contribution in [0.4, 0.5) is 11.5 Å². The second kappa shape index (κ2) is 6.20. The molecule has 2 aromatic rings. The maximum absolute atomic E-state index is 11.1. The normalized spacial score (nSPS) is 21.0. The average Bonchev–Trinajstić information content (AvgIpc) is 2.55. The van der Waals surface area contributed by atoms with Crippen LogP contribution in [0.15, 0.2) is 30.5 Å². The van der Waals surface area contributed by atoms with Crippen molar-refractivity contribution in [2.24, 2.45) is 5.92 Å². The van der Waals surface area contributed by atoms with Crippen LogP contribution in [-0.4, -0.2) is 27.0 Å². The van der Waals surface area contributed by atoms with E-state index in [0.29, 0.717) is 29.4 Å². The van der Waals surface area contributed by atoms with Crippen molar-refractivity contribution in [1.29, 1.82) is 0 Å². The molecule has 3 rings (SSSR count). The molecule has 1 aromatic heterocycles. The highest BCUT2D eigenvalue weighted by atomic mass is 16.6. The molecule has 0 spiro atoms. The number of rotatable bonds is 4. The number of aromatic nitrogens is 1. The molecule has 1 aliphatic rings. The smallest absolute Gasteiger partial charge is 0.306 e. The molecule has 120 valence electrons. The monoisotopic (exact) mass is 315 g/mol. The standard InChI is InChI=1S/C16H17N3O4/c20-16(21)10-4-6-11(7-5-10)18-15-13-2-1-3-14(19(22)23)12(13)8-9-17-15/h1-3,8-11H,4-7H2,(H,17,18)(H,20,21). The summed E-state index contributed by atoms with van der Waals surface area (Å²) in [7, 11) is 0. The van der Waals surface area contributed by atoms with E-state index >= 15 is 0 Å². The molecular formula is C16H17N3O4. The summed E-state index contributed by atoms with van der Waals surface area (Å²) in [5.41, 5.74) is 0.0579. The van der Waals surface area contributed by atoms with E-state index in [1.54, 1.807) is 24.4 Å². The Hall–Kier alpha value is -2.70. The molecule has 1 heterocycles. The number of carboxylic acids is 1. The zero-order chi connectivity index (χ0) is 16.4. The summed E-state index contributed by atoms with van der Waals surface area (Å²) in [5.74, 6) is -0.387. The Balaban J connectivity index is 1.83. The van der Waals surface area contributed by atoms with Gasteiger partial charge in [-0.25, -0.2) is 4.98 Å². The van der Waals surface area contributed by atoms with Crippen LogP contribution in [0.5, 0.6) is 0 Å². The number of hydrogen-bond donors (Lipinski definition) is 2. The van der Waals surface area contributed by atoms with Gasteiger partial charge >= 0.3 is 5.97 Å². The second-order valence-corrected chi connectivity index (χ2v) is 5.82. The van der Waals surface area contributed by atoms with E-state index in [9.17, 15) is 14.9 Å². The van der Waals surface area contributed by atoms with E-state index < -0.39 is 10.9 Å². The van der Waals surface area contributed by atoms with Crippen LogP contribution in [0.3, 0.4) is 0 Å². The molecule has 0 atom stereocenters. The number of hydrogen-bond acceptors (Lipinski definition) is 5. The lowest BCUT2D eigenvalue weighted by Crippen LogP contribution is -2.29. The molecule has 7 heteroatoms. The minimum absolute atomic E-state index is 0.0579. The molecule has 0 saturated heterocycles. The second-order valence-electron chi connectivity index (χ2n) is 5.82. The number of benzene rings is 1. The summed E-state index contributed by atoms with van der Waals surface area (Å²) in [6.45, 7) is 0. The van der Waals surface area contributed by atoms with Crippen molar-refractivity contribution in [2.75, 3.05) is 5.32 Å². The molecule has 7 nitrogen and oxygen atoms in total. The van der Waals surface area contributed by atoms with Crippen LogP contribution in [0.2, 0.25) is 0 Å². The molecule has 23 heavy (non-hydrogen) atoms. The highest BCUT2D eigenvalue weighted by Crippen LogP contribution is 2.31. The first-order chi connectivity index (χ1) is 11.1. The van der Waals surface area contributed by atoms with Gasteiger partial charge in [0.25, 0.3) is 5.69 Å². The lowest BCUT2D eigenvalue weighted by Gasteiger charge is -2.27. The average molecular weight is 315 g/mol. The predicted octanol–water partition coefficient (Wildman–Crippen LogP) is 3.20. The molecule has 0 amide bonds. The summed E-state index contributed by atoms with van der Waals surface area (Å²) in [6.07, 6.45) is 4.34. The van der Waals surface area contributed by atoms with Crippen LogP contribution in [0.1, 0.15) is 25.7 Å². The first-order valence-electron chi connectivity index (χ1n) is 7.57. The molecule has 1 saturated carbocycles. The van der Waals surface area contributed by atoms with Crippen molar-refractivity contribution in [3.63, 3.8) is 0 Å². The first kappa shape index (κ1) is 15.2. The third kappa shape index (κ3) is 3.08. The highest BCUT2D eigenvalue weighted by molar-refractivity contribution is 5.97. The summed E-state index contributed by atoms with van der Waals surface area (Å²) < 4.78 is 0. The number of non-ortho nitro benzene ring substituents is 1. The Morgan fingerprint density at radius 1 is 1.22 bits per heavy atom. The first-order valence-corrected chi connectivity index (χ1v) is 7.57. The van der Waals surface area contributed by atoms with Gasteiger partial charge in [-0.2, -0.15) is 0 Å². The predicted molar refractivity (Wildman–Crippen MR) is 85.4 cm³/mol. The summed E-state index contributed by atoms with van der Waals surface area (Å²) in [5, 5.41) is 24.8. The minimum atomic E-state index is -0.734. The van der Waals surface area contributed by atoms with Gasteiger partial charge in [-0.15, -0.1) is 0 Å². The van der Waals surface area contributed by atoms with Gasteiger partial charge in [0.2, 0.25) is 0 Å². The molecule has 1 aromatic carbocycles. The van der Waals surface area contributed by atoms with E-state index in [1.807, 2.05) is 0 Å². The third-order valence-electron chi connectivity index (χ3n) is 4.40. The Morgan fingerprint density at radius 3 is 2.61 bits per heavy atom. The number of nitrogens with zero attached hydrogens (tertiary/aromatic N) is 2.